The zero-order valence-electron chi connectivity index (χ0n) is 20.2. The van der Waals surface area contributed by atoms with E-state index in [1.54, 1.807) is 12.3 Å². The van der Waals surface area contributed by atoms with Gasteiger partial charge in [0.2, 0.25) is 5.91 Å². The van der Waals surface area contributed by atoms with E-state index in [1.165, 1.54) is 6.08 Å². The summed E-state index contributed by atoms with van der Waals surface area (Å²) in [5.41, 5.74) is 2.47. The van der Waals surface area contributed by atoms with Crippen molar-refractivity contribution in [1.29, 1.82) is 0 Å². The van der Waals surface area contributed by atoms with Gasteiger partial charge in [-0.05, 0) is 36.8 Å². The number of imidazole rings is 1. The molecular weight excluding hydrogens is 350 g/mol. The molecule has 0 aliphatic rings. The normalized spacial score (nSPS) is 13.7. The maximum atomic E-state index is 12.4. The van der Waals surface area contributed by atoms with Gasteiger partial charge in [0.05, 0.1) is 24.3 Å². The lowest BCUT2D eigenvalue weighted by Crippen LogP contribution is -2.09. The summed E-state index contributed by atoms with van der Waals surface area (Å²) in [5, 5.41) is 11.5. The number of nitrogens with zero attached hydrogens (tertiary/aromatic N) is 4. The molecule has 0 aliphatic heterocycles. The van der Waals surface area contributed by atoms with E-state index in [9.17, 15) is 4.79 Å². The van der Waals surface area contributed by atoms with Crippen LogP contribution in [0.3, 0.4) is 0 Å². The summed E-state index contributed by atoms with van der Waals surface area (Å²) < 4.78 is 40.8. The van der Waals surface area contributed by atoms with Crippen LogP contribution in [0.2, 0.25) is 0 Å². The van der Waals surface area contributed by atoms with E-state index in [0.717, 1.165) is 28.5 Å². The number of hydrogen-bond acceptors (Lipinski definition) is 4. The Morgan fingerprint density at radius 2 is 2.00 bits per heavy atom. The number of amides is 1. The Bertz CT molecular complexity index is 1420. The van der Waals surface area contributed by atoms with Gasteiger partial charge in [-0.2, -0.15) is 0 Å². The topological polar surface area (TPSA) is 72.7 Å². The second-order valence-electron chi connectivity index (χ2n) is 6.11. The van der Waals surface area contributed by atoms with Gasteiger partial charge in [-0.15, -0.1) is 10.2 Å². The number of benzene rings is 2. The first-order valence-electron chi connectivity index (χ1n) is 11.0. The van der Waals surface area contributed by atoms with E-state index in [-0.39, 0.29) is 23.5 Å². The molecule has 2 heterocycles. The number of hydrogen-bond donors (Lipinski definition) is 1. The minimum absolute atomic E-state index is 0.0724. The molecule has 0 radical (unpaired) electrons. The molecule has 6 heteroatoms. The zero-order valence-corrected chi connectivity index (χ0v) is 15.2. The van der Waals surface area contributed by atoms with Crippen LogP contribution < -0.4 is 5.32 Å². The van der Waals surface area contributed by atoms with Crippen molar-refractivity contribution in [2.24, 2.45) is 7.05 Å². The van der Waals surface area contributed by atoms with Crippen molar-refractivity contribution in [1.82, 2.24) is 19.7 Å². The third-order valence-corrected chi connectivity index (χ3v) is 4.27. The second-order valence-corrected chi connectivity index (χ2v) is 6.11. The van der Waals surface area contributed by atoms with E-state index in [1.807, 2.05) is 36.7 Å². The lowest BCUT2D eigenvalue weighted by molar-refractivity contribution is -0.111. The Balaban J connectivity index is 1.59. The Hall–Kier alpha value is -3.80. The molecule has 138 valence electrons. The predicted octanol–water partition coefficient (Wildman–Crippen LogP) is 3.99. The summed E-state index contributed by atoms with van der Waals surface area (Å²) in [6.07, 6.45) is 4.07. The van der Waals surface area contributed by atoms with E-state index < -0.39 is 24.0 Å². The number of carbonyl (C=O) groups excluding carboxylic acids is 1. The lowest BCUT2D eigenvalue weighted by atomic mass is 10.1. The smallest absolute Gasteiger partial charge is 0.249 e. The fourth-order valence-electron chi connectivity index (χ4n) is 2.71. The molecule has 0 aliphatic carbocycles. The molecule has 0 saturated heterocycles. The van der Waals surface area contributed by atoms with Crippen molar-refractivity contribution >= 4 is 28.7 Å². The molecule has 0 unspecified atom stereocenters. The Morgan fingerprint density at radius 3 is 2.75 bits per heavy atom. The molecule has 28 heavy (non-hydrogen) atoms. The van der Waals surface area contributed by atoms with E-state index in [0.29, 0.717) is 5.52 Å². The first kappa shape index (κ1) is 12.6. The second kappa shape index (κ2) is 7.44. The SMILES string of the molecule is [2H]c1c([2H])c([2H])c(/C=C/C(=O)Nc2cc3cc(-c4cnc(C)n4C)ccc3nn2)c([2H])c1[2H]. The molecule has 4 rings (SSSR count). The molecule has 4 aromatic rings. The fourth-order valence-corrected chi connectivity index (χ4v) is 2.71. The highest BCUT2D eigenvalue weighted by Crippen LogP contribution is 2.24. The Morgan fingerprint density at radius 1 is 1.18 bits per heavy atom. The van der Waals surface area contributed by atoms with Gasteiger partial charge in [0.15, 0.2) is 5.82 Å². The summed E-state index contributed by atoms with van der Waals surface area (Å²) in [5.74, 6) is 0.530. The monoisotopic (exact) mass is 374 g/mol. The standard InChI is InChI=1S/C22H19N5O/c1-15-23-14-20(27(15)2)17-9-10-19-18(12-17)13-21(26-25-19)24-22(28)11-8-16-6-4-3-5-7-16/h3-14H,1-2H3,(H,24,26,28)/b11-8+/i3D,4D,5D,6D,7D. The molecule has 0 saturated carbocycles. The van der Waals surface area contributed by atoms with E-state index in [4.69, 9.17) is 6.85 Å². The molecule has 2 aromatic carbocycles. The van der Waals surface area contributed by atoms with Crippen LogP contribution in [0.25, 0.3) is 28.2 Å². The highest BCUT2D eigenvalue weighted by atomic mass is 16.1. The van der Waals surface area contributed by atoms with Gasteiger partial charge < -0.3 is 9.88 Å². The fraction of sp³-hybridized carbons (Fsp3) is 0.0909. The maximum Gasteiger partial charge on any atom is 0.249 e. The largest absolute Gasteiger partial charge is 0.331 e. The molecule has 6 nitrogen and oxygen atoms in total. The maximum absolute atomic E-state index is 12.4. The van der Waals surface area contributed by atoms with Gasteiger partial charge in [0, 0.05) is 24.1 Å². The van der Waals surface area contributed by atoms with Crippen molar-refractivity contribution in [3.05, 3.63) is 78.1 Å². The van der Waals surface area contributed by atoms with Gasteiger partial charge in [0.1, 0.15) is 5.82 Å². The Labute approximate surface area is 169 Å². The van der Waals surface area contributed by atoms with Crippen LogP contribution in [-0.4, -0.2) is 25.7 Å². The van der Waals surface area contributed by atoms with Crippen molar-refractivity contribution in [2.75, 3.05) is 5.32 Å². The van der Waals surface area contributed by atoms with E-state index >= 15 is 0 Å². The molecule has 0 bridgehead atoms. The summed E-state index contributed by atoms with van der Waals surface area (Å²) in [6, 6.07) is 5.20. The Kier molecular flexibility index (Phi) is 3.34. The average Bonchev–Trinajstić information content (AvgIpc) is 3.14. The molecular formula is C22H19N5O. The van der Waals surface area contributed by atoms with Crippen molar-refractivity contribution in [3.8, 4) is 11.3 Å². The molecule has 1 N–H and O–H groups in total. The third-order valence-electron chi connectivity index (χ3n) is 4.27. The number of anilines is 1. The average molecular weight is 374 g/mol. The highest BCUT2D eigenvalue weighted by Gasteiger charge is 2.08. The molecule has 1 amide bonds. The lowest BCUT2D eigenvalue weighted by Gasteiger charge is -2.06. The van der Waals surface area contributed by atoms with Crippen molar-refractivity contribution in [3.63, 3.8) is 0 Å². The first-order valence-corrected chi connectivity index (χ1v) is 8.49. The highest BCUT2D eigenvalue weighted by molar-refractivity contribution is 6.02. The van der Waals surface area contributed by atoms with Crippen molar-refractivity contribution < 1.29 is 11.6 Å². The molecule has 0 spiro atoms. The van der Waals surface area contributed by atoms with Gasteiger partial charge in [-0.3, -0.25) is 4.79 Å². The molecule has 2 aromatic heterocycles. The third kappa shape index (κ3) is 3.66. The van der Waals surface area contributed by atoms with Gasteiger partial charge in [0.25, 0.3) is 0 Å². The number of carbonyl (C=O) groups is 1. The van der Waals surface area contributed by atoms with Crippen LogP contribution in [0.4, 0.5) is 5.82 Å². The summed E-state index contributed by atoms with van der Waals surface area (Å²) in [7, 11) is 1.93. The van der Waals surface area contributed by atoms with Crippen molar-refractivity contribution in [2.45, 2.75) is 6.92 Å². The first-order chi connectivity index (χ1) is 15.7. The number of nitrogens with one attached hydrogen (secondary N) is 1. The minimum atomic E-state index is -0.575. The van der Waals surface area contributed by atoms with Crippen LogP contribution >= 0.6 is 0 Å². The summed E-state index contributed by atoms with van der Waals surface area (Å²) in [4.78, 5) is 16.7. The zero-order chi connectivity index (χ0) is 23.9. The van der Waals surface area contributed by atoms with Gasteiger partial charge in [-0.25, -0.2) is 4.98 Å². The van der Waals surface area contributed by atoms with E-state index in [2.05, 4.69) is 20.5 Å². The number of aryl methyl sites for hydroxylation is 1. The van der Waals surface area contributed by atoms with Crippen LogP contribution in [0.1, 0.15) is 18.2 Å². The molecule has 0 atom stereocenters. The van der Waals surface area contributed by atoms with Gasteiger partial charge >= 0.3 is 0 Å². The number of aromatic nitrogens is 4. The predicted molar refractivity (Wildman–Crippen MR) is 111 cm³/mol. The summed E-state index contributed by atoms with van der Waals surface area (Å²) in [6.45, 7) is 1.92. The summed E-state index contributed by atoms with van der Waals surface area (Å²) >= 11 is 0. The minimum Gasteiger partial charge on any atom is -0.331 e. The van der Waals surface area contributed by atoms with Crippen LogP contribution in [-0.2, 0) is 11.8 Å². The van der Waals surface area contributed by atoms with Crippen LogP contribution in [0.15, 0.2) is 66.8 Å². The number of fused-ring (bicyclic) bond motifs is 1. The van der Waals surface area contributed by atoms with Crippen LogP contribution in [0, 0.1) is 6.92 Å². The van der Waals surface area contributed by atoms with Crippen LogP contribution in [0.5, 0.6) is 0 Å². The quantitative estimate of drug-likeness (QED) is 0.548. The van der Waals surface area contributed by atoms with Gasteiger partial charge in [-0.1, -0.05) is 36.3 Å². The number of rotatable bonds is 4. The molecule has 0 fully saturated rings.